The predicted molar refractivity (Wildman–Crippen MR) is 96.4 cm³/mol. The van der Waals surface area contributed by atoms with E-state index in [0.29, 0.717) is 0 Å². The molecule has 1 aromatic carbocycles. The van der Waals surface area contributed by atoms with Gasteiger partial charge in [0.2, 0.25) is 0 Å². The normalized spacial score (nSPS) is 16.6. The summed E-state index contributed by atoms with van der Waals surface area (Å²) in [5, 5.41) is 13.1. The van der Waals surface area contributed by atoms with E-state index in [4.69, 9.17) is 11.6 Å². The fraction of sp³-hybridized carbons (Fsp3) is 0.588. The molecule has 1 aliphatic heterocycles. The number of tetrazole rings is 1. The summed E-state index contributed by atoms with van der Waals surface area (Å²) in [6.45, 7) is 11.2. The highest BCUT2D eigenvalue weighted by Crippen LogP contribution is 2.22. The van der Waals surface area contributed by atoms with Crippen LogP contribution in [-0.4, -0.2) is 51.3 Å². The van der Waals surface area contributed by atoms with Crippen molar-refractivity contribution in [1.82, 2.24) is 25.1 Å². The van der Waals surface area contributed by atoms with Crippen molar-refractivity contribution in [3.8, 4) is 0 Å². The van der Waals surface area contributed by atoms with E-state index < -0.39 is 0 Å². The molecule has 0 atom stereocenters. The van der Waals surface area contributed by atoms with Crippen LogP contribution in [0.1, 0.15) is 33.0 Å². The van der Waals surface area contributed by atoms with Crippen molar-refractivity contribution in [2.75, 3.05) is 31.1 Å². The average molecular weight is 349 g/mol. The van der Waals surface area contributed by atoms with Crippen LogP contribution in [0.2, 0.25) is 5.02 Å². The molecule has 0 N–H and O–H groups in total. The molecule has 0 amide bonds. The molecule has 1 aliphatic rings. The summed E-state index contributed by atoms with van der Waals surface area (Å²) in [6, 6.07) is 8.06. The lowest BCUT2D eigenvalue weighted by Gasteiger charge is -2.36. The Bertz CT molecular complexity index is 675. The summed E-state index contributed by atoms with van der Waals surface area (Å²) in [5.41, 5.74) is 1.14. The Hall–Kier alpha value is -1.66. The van der Waals surface area contributed by atoms with Gasteiger partial charge in [-0.2, -0.15) is 0 Å². The molecule has 0 saturated carbocycles. The number of halogens is 1. The number of piperazine rings is 1. The molecule has 0 aliphatic carbocycles. The highest BCUT2D eigenvalue weighted by atomic mass is 35.5. The Morgan fingerprint density at radius 3 is 2.58 bits per heavy atom. The van der Waals surface area contributed by atoms with Crippen LogP contribution in [0.4, 0.5) is 5.69 Å². The Labute approximate surface area is 148 Å². The van der Waals surface area contributed by atoms with E-state index in [1.54, 1.807) is 0 Å². The minimum atomic E-state index is -0.0541. The maximum atomic E-state index is 6.10. The van der Waals surface area contributed by atoms with Crippen LogP contribution in [0, 0.1) is 0 Å². The summed E-state index contributed by atoms with van der Waals surface area (Å²) < 4.78 is 1.97. The van der Waals surface area contributed by atoms with Crippen LogP contribution in [0.5, 0.6) is 0 Å². The first-order chi connectivity index (χ1) is 11.5. The first-order valence-corrected chi connectivity index (χ1v) is 8.88. The molecule has 1 aromatic heterocycles. The maximum absolute atomic E-state index is 6.10. The van der Waals surface area contributed by atoms with Gasteiger partial charge in [0, 0.05) is 36.9 Å². The van der Waals surface area contributed by atoms with Gasteiger partial charge in [0.05, 0.1) is 12.1 Å². The molecule has 1 fully saturated rings. The SMILES string of the molecule is CCC(C)(C)n1nnnc1CN1CCN(c2cccc(Cl)c2)CC1. The molecular weight excluding hydrogens is 324 g/mol. The zero-order valence-electron chi connectivity index (χ0n) is 14.6. The van der Waals surface area contributed by atoms with Crippen LogP contribution >= 0.6 is 11.6 Å². The molecule has 0 spiro atoms. The molecular formula is C17H25ClN6. The summed E-state index contributed by atoms with van der Waals surface area (Å²) >= 11 is 6.10. The number of aromatic nitrogens is 4. The molecule has 0 unspecified atom stereocenters. The van der Waals surface area contributed by atoms with E-state index in [9.17, 15) is 0 Å². The van der Waals surface area contributed by atoms with Crippen LogP contribution in [0.25, 0.3) is 0 Å². The first-order valence-electron chi connectivity index (χ1n) is 8.50. The third-order valence-corrected chi connectivity index (χ3v) is 5.12. The smallest absolute Gasteiger partial charge is 0.165 e. The molecule has 2 heterocycles. The van der Waals surface area contributed by atoms with Crippen LogP contribution in [0.15, 0.2) is 24.3 Å². The zero-order chi connectivity index (χ0) is 17.2. The second-order valence-corrected chi connectivity index (χ2v) is 7.35. The topological polar surface area (TPSA) is 50.1 Å². The molecule has 130 valence electrons. The van der Waals surface area contributed by atoms with Crippen LogP contribution in [0.3, 0.4) is 0 Å². The van der Waals surface area contributed by atoms with Gasteiger partial charge >= 0.3 is 0 Å². The van der Waals surface area contributed by atoms with Crippen LogP contribution < -0.4 is 4.90 Å². The number of benzene rings is 1. The Balaban J connectivity index is 1.61. The minimum absolute atomic E-state index is 0.0541. The van der Waals surface area contributed by atoms with E-state index in [0.717, 1.165) is 50.0 Å². The van der Waals surface area contributed by atoms with Gasteiger partial charge in [0.25, 0.3) is 0 Å². The predicted octanol–water partition coefficient (Wildman–Crippen LogP) is 2.79. The largest absolute Gasteiger partial charge is 0.369 e. The Kier molecular flexibility index (Phi) is 5.06. The van der Waals surface area contributed by atoms with Gasteiger partial charge in [-0.1, -0.05) is 24.6 Å². The Morgan fingerprint density at radius 2 is 1.92 bits per heavy atom. The minimum Gasteiger partial charge on any atom is -0.369 e. The van der Waals surface area contributed by atoms with Gasteiger partial charge in [-0.3, -0.25) is 4.90 Å². The summed E-state index contributed by atoms with van der Waals surface area (Å²) in [7, 11) is 0. The number of hydrogen-bond donors (Lipinski definition) is 0. The number of nitrogens with zero attached hydrogens (tertiary/aromatic N) is 6. The lowest BCUT2D eigenvalue weighted by atomic mass is 10.0. The fourth-order valence-corrected chi connectivity index (χ4v) is 3.15. The van der Waals surface area contributed by atoms with E-state index in [1.807, 2.05) is 22.9 Å². The van der Waals surface area contributed by atoms with E-state index in [-0.39, 0.29) is 5.54 Å². The molecule has 1 saturated heterocycles. The standard InChI is InChI=1S/C17H25ClN6/c1-4-17(2,3)24-16(19-20-21-24)13-22-8-10-23(11-9-22)15-7-5-6-14(18)12-15/h5-7,12H,4,8-11,13H2,1-3H3. The molecule has 3 rings (SSSR count). The molecule has 0 bridgehead atoms. The second-order valence-electron chi connectivity index (χ2n) is 6.92. The summed E-state index contributed by atoms with van der Waals surface area (Å²) in [6.07, 6.45) is 0.994. The van der Waals surface area contributed by atoms with Crippen molar-refractivity contribution >= 4 is 17.3 Å². The summed E-state index contributed by atoms with van der Waals surface area (Å²) in [5.74, 6) is 0.943. The second kappa shape index (κ2) is 7.07. The highest BCUT2D eigenvalue weighted by Gasteiger charge is 2.25. The third-order valence-electron chi connectivity index (χ3n) is 4.88. The van der Waals surface area contributed by atoms with Crippen molar-refractivity contribution in [2.24, 2.45) is 0 Å². The van der Waals surface area contributed by atoms with Crippen molar-refractivity contribution in [3.63, 3.8) is 0 Å². The van der Waals surface area contributed by atoms with Crippen molar-refractivity contribution < 1.29 is 0 Å². The monoisotopic (exact) mass is 348 g/mol. The number of rotatable bonds is 5. The van der Waals surface area contributed by atoms with Crippen molar-refractivity contribution in [3.05, 3.63) is 35.1 Å². The van der Waals surface area contributed by atoms with Crippen molar-refractivity contribution in [1.29, 1.82) is 0 Å². The molecule has 24 heavy (non-hydrogen) atoms. The quantitative estimate of drug-likeness (QED) is 0.831. The lowest BCUT2D eigenvalue weighted by Crippen LogP contribution is -2.46. The van der Waals surface area contributed by atoms with Gasteiger partial charge < -0.3 is 4.90 Å². The fourth-order valence-electron chi connectivity index (χ4n) is 2.96. The number of anilines is 1. The molecule has 6 nitrogen and oxygen atoms in total. The lowest BCUT2D eigenvalue weighted by molar-refractivity contribution is 0.221. The van der Waals surface area contributed by atoms with E-state index in [1.165, 1.54) is 5.69 Å². The first kappa shape index (κ1) is 17.2. The molecule has 0 radical (unpaired) electrons. The average Bonchev–Trinajstić information content (AvgIpc) is 3.04. The van der Waals surface area contributed by atoms with Crippen LogP contribution in [-0.2, 0) is 12.1 Å². The van der Waals surface area contributed by atoms with Gasteiger partial charge in [-0.05, 0) is 48.9 Å². The van der Waals surface area contributed by atoms with Gasteiger partial charge in [0.15, 0.2) is 5.82 Å². The van der Waals surface area contributed by atoms with Gasteiger partial charge in [-0.15, -0.1) is 5.10 Å². The number of hydrogen-bond acceptors (Lipinski definition) is 5. The Morgan fingerprint density at radius 1 is 1.17 bits per heavy atom. The van der Waals surface area contributed by atoms with Crippen molar-refractivity contribution in [2.45, 2.75) is 39.3 Å². The maximum Gasteiger partial charge on any atom is 0.165 e. The molecule has 7 heteroatoms. The van der Waals surface area contributed by atoms with Gasteiger partial charge in [0.1, 0.15) is 0 Å². The highest BCUT2D eigenvalue weighted by molar-refractivity contribution is 6.30. The summed E-state index contributed by atoms with van der Waals surface area (Å²) in [4.78, 5) is 4.79. The van der Waals surface area contributed by atoms with E-state index >= 15 is 0 Å². The van der Waals surface area contributed by atoms with E-state index in [2.05, 4.69) is 52.2 Å². The third kappa shape index (κ3) is 3.70. The van der Waals surface area contributed by atoms with Gasteiger partial charge in [-0.25, -0.2) is 4.68 Å². The zero-order valence-corrected chi connectivity index (χ0v) is 15.4. The molecule has 2 aromatic rings.